The third-order valence-electron chi connectivity index (χ3n) is 5.30. The number of nitrogens with zero attached hydrogens (tertiary/aromatic N) is 2. The molecule has 1 aromatic heterocycles. The number of aryl methyl sites for hydroxylation is 2. The Morgan fingerprint density at radius 1 is 0.968 bits per heavy atom. The molecule has 5 heteroatoms. The molecule has 4 aromatic rings. The monoisotopic (exact) mass is 430 g/mol. The van der Waals surface area contributed by atoms with Crippen molar-refractivity contribution < 1.29 is 9.53 Å². The van der Waals surface area contributed by atoms with Gasteiger partial charge in [0, 0.05) is 0 Å². The third-order valence-corrected chi connectivity index (χ3v) is 6.34. The Kier molecular flexibility index (Phi) is 6.33. The first-order valence-electron chi connectivity index (χ1n) is 10.5. The smallest absolute Gasteiger partial charge is 0.233 e. The van der Waals surface area contributed by atoms with Gasteiger partial charge in [0.2, 0.25) is 5.91 Å². The van der Waals surface area contributed by atoms with E-state index in [1.807, 2.05) is 61.5 Å². The maximum absolute atomic E-state index is 13.4. The Labute approximate surface area is 187 Å². The van der Waals surface area contributed by atoms with Crippen LogP contribution in [0.4, 0.5) is 5.13 Å². The molecule has 1 heterocycles. The number of rotatable bonds is 7. The van der Waals surface area contributed by atoms with Crippen molar-refractivity contribution in [2.45, 2.75) is 33.7 Å². The van der Waals surface area contributed by atoms with E-state index in [1.54, 1.807) is 16.2 Å². The molecular weight excluding hydrogens is 404 g/mol. The summed E-state index contributed by atoms with van der Waals surface area (Å²) in [4.78, 5) is 20.0. The number of benzene rings is 3. The van der Waals surface area contributed by atoms with Crippen molar-refractivity contribution in [3.8, 4) is 5.75 Å². The summed E-state index contributed by atoms with van der Waals surface area (Å²) in [6, 6.07) is 22.0. The number of hydrogen-bond donors (Lipinski definition) is 0. The summed E-state index contributed by atoms with van der Waals surface area (Å²) in [5, 5.41) is 0.736. The van der Waals surface area contributed by atoms with E-state index in [0.29, 0.717) is 19.6 Å². The van der Waals surface area contributed by atoms with Crippen molar-refractivity contribution in [3.63, 3.8) is 0 Å². The Morgan fingerprint density at radius 2 is 1.68 bits per heavy atom. The Hall–Kier alpha value is -3.18. The lowest BCUT2D eigenvalue weighted by molar-refractivity contribution is -0.118. The molecule has 31 heavy (non-hydrogen) atoms. The van der Waals surface area contributed by atoms with Crippen molar-refractivity contribution in [1.82, 2.24) is 4.98 Å². The predicted octanol–water partition coefficient (Wildman–Crippen LogP) is 6.09. The van der Waals surface area contributed by atoms with Crippen LogP contribution in [-0.2, 0) is 17.8 Å². The van der Waals surface area contributed by atoms with E-state index in [0.717, 1.165) is 32.2 Å². The topological polar surface area (TPSA) is 42.4 Å². The van der Waals surface area contributed by atoms with Crippen molar-refractivity contribution in [1.29, 1.82) is 0 Å². The minimum absolute atomic E-state index is 0.0283. The lowest BCUT2D eigenvalue weighted by atomic mass is 10.1. The fraction of sp³-hybridized carbons (Fsp3) is 0.231. The van der Waals surface area contributed by atoms with Gasteiger partial charge < -0.3 is 4.74 Å². The van der Waals surface area contributed by atoms with Gasteiger partial charge in [-0.3, -0.25) is 9.69 Å². The number of aromatic nitrogens is 1. The maximum Gasteiger partial charge on any atom is 0.233 e. The Bertz CT molecular complexity index is 1140. The average Bonchev–Trinajstić information content (AvgIpc) is 3.17. The number of thiazole rings is 1. The number of carbonyl (C=O) groups is 1. The standard InChI is InChI=1S/C26H26N2O2S/c1-4-30-22-12-10-20(11-13-22)16-25(29)28(17-21-8-6-5-7-9-21)26-27-23-14-18(2)19(3)15-24(23)31-26/h5-15H,4,16-17H2,1-3H3. The third kappa shape index (κ3) is 4.94. The molecule has 4 rings (SSSR count). The molecule has 0 aliphatic carbocycles. The first kappa shape index (κ1) is 21.1. The van der Waals surface area contributed by atoms with E-state index in [9.17, 15) is 4.79 Å². The number of fused-ring (bicyclic) bond motifs is 1. The molecule has 4 nitrogen and oxygen atoms in total. The molecule has 0 fully saturated rings. The minimum atomic E-state index is 0.0283. The second-order valence-corrected chi connectivity index (χ2v) is 8.63. The fourth-order valence-corrected chi connectivity index (χ4v) is 4.51. The van der Waals surface area contributed by atoms with E-state index < -0.39 is 0 Å². The summed E-state index contributed by atoms with van der Waals surface area (Å²) in [6.07, 6.45) is 0.313. The van der Waals surface area contributed by atoms with Crippen molar-refractivity contribution in [3.05, 3.63) is 89.0 Å². The zero-order chi connectivity index (χ0) is 21.8. The highest BCUT2D eigenvalue weighted by Gasteiger charge is 2.21. The highest BCUT2D eigenvalue weighted by molar-refractivity contribution is 7.22. The summed E-state index contributed by atoms with van der Waals surface area (Å²) >= 11 is 1.57. The molecule has 0 saturated heterocycles. The predicted molar refractivity (Wildman–Crippen MR) is 128 cm³/mol. The lowest BCUT2D eigenvalue weighted by Crippen LogP contribution is -2.31. The molecule has 158 valence electrons. The summed E-state index contributed by atoms with van der Waals surface area (Å²) < 4.78 is 6.61. The SMILES string of the molecule is CCOc1ccc(CC(=O)N(Cc2ccccc2)c2nc3cc(C)c(C)cc3s2)cc1. The molecule has 0 unspecified atom stereocenters. The number of ether oxygens (including phenoxy) is 1. The molecular formula is C26H26N2O2S. The van der Waals surface area contributed by atoms with Gasteiger partial charge in [-0.1, -0.05) is 53.8 Å². The molecule has 0 saturated carbocycles. The van der Waals surface area contributed by atoms with Gasteiger partial charge in [0.1, 0.15) is 5.75 Å². The van der Waals surface area contributed by atoms with Crippen LogP contribution in [0.1, 0.15) is 29.2 Å². The first-order chi connectivity index (χ1) is 15.0. The minimum Gasteiger partial charge on any atom is -0.494 e. The Morgan fingerprint density at radius 3 is 2.39 bits per heavy atom. The van der Waals surface area contributed by atoms with Crippen LogP contribution in [0.5, 0.6) is 5.75 Å². The largest absolute Gasteiger partial charge is 0.494 e. The van der Waals surface area contributed by atoms with Crippen molar-refractivity contribution in [2.24, 2.45) is 0 Å². The van der Waals surface area contributed by atoms with Crippen LogP contribution in [0, 0.1) is 13.8 Å². The highest BCUT2D eigenvalue weighted by atomic mass is 32.1. The van der Waals surface area contributed by atoms with Gasteiger partial charge in [-0.25, -0.2) is 4.98 Å². The number of amides is 1. The van der Waals surface area contributed by atoms with Crippen LogP contribution in [0.3, 0.4) is 0 Å². The number of anilines is 1. The van der Waals surface area contributed by atoms with E-state index in [4.69, 9.17) is 9.72 Å². The number of hydrogen-bond acceptors (Lipinski definition) is 4. The zero-order valence-electron chi connectivity index (χ0n) is 18.1. The van der Waals surface area contributed by atoms with E-state index >= 15 is 0 Å². The normalized spacial score (nSPS) is 10.9. The van der Waals surface area contributed by atoms with Gasteiger partial charge in [0.25, 0.3) is 0 Å². The molecule has 0 spiro atoms. The van der Waals surface area contributed by atoms with Gasteiger partial charge in [-0.15, -0.1) is 0 Å². The van der Waals surface area contributed by atoms with Gasteiger partial charge in [-0.05, 0) is 67.3 Å². The van der Waals surface area contributed by atoms with E-state index in [2.05, 4.69) is 26.0 Å². The van der Waals surface area contributed by atoms with Crippen molar-refractivity contribution >= 4 is 32.6 Å². The maximum atomic E-state index is 13.4. The van der Waals surface area contributed by atoms with E-state index in [-0.39, 0.29) is 5.91 Å². The van der Waals surface area contributed by atoms with Crippen LogP contribution in [0.15, 0.2) is 66.7 Å². The van der Waals surface area contributed by atoms with E-state index in [1.165, 1.54) is 11.1 Å². The summed E-state index contributed by atoms with van der Waals surface area (Å²) in [5.74, 6) is 0.845. The highest BCUT2D eigenvalue weighted by Crippen LogP contribution is 2.32. The van der Waals surface area contributed by atoms with Gasteiger partial charge >= 0.3 is 0 Å². The van der Waals surface area contributed by atoms with Gasteiger partial charge in [0.15, 0.2) is 5.13 Å². The fourth-order valence-electron chi connectivity index (χ4n) is 3.45. The van der Waals surface area contributed by atoms with Crippen LogP contribution in [0.25, 0.3) is 10.2 Å². The molecule has 0 bridgehead atoms. The summed E-state index contributed by atoms with van der Waals surface area (Å²) in [5.41, 5.74) is 5.42. The van der Waals surface area contributed by atoms with Crippen molar-refractivity contribution in [2.75, 3.05) is 11.5 Å². The zero-order valence-corrected chi connectivity index (χ0v) is 18.9. The Balaban J connectivity index is 1.64. The molecule has 1 amide bonds. The first-order valence-corrected chi connectivity index (χ1v) is 11.3. The van der Waals surface area contributed by atoms with Crippen LogP contribution in [-0.4, -0.2) is 17.5 Å². The average molecular weight is 431 g/mol. The summed E-state index contributed by atoms with van der Waals surface area (Å²) in [7, 11) is 0. The molecule has 0 N–H and O–H groups in total. The molecule has 0 radical (unpaired) electrons. The van der Waals surface area contributed by atoms with Gasteiger partial charge in [-0.2, -0.15) is 0 Å². The van der Waals surface area contributed by atoms with Gasteiger partial charge in [0.05, 0.1) is 29.8 Å². The molecule has 0 atom stereocenters. The molecule has 3 aromatic carbocycles. The quantitative estimate of drug-likeness (QED) is 0.356. The summed E-state index contributed by atoms with van der Waals surface area (Å²) in [6.45, 7) is 7.27. The second kappa shape index (κ2) is 9.31. The lowest BCUT2D eigenvalue weighted by Gasteiger charge is -2.20. The second-order valence-electron chi connectivity index (χ2n) is 7.62. The molecule has 0 aliphatic heterocycles. The molecule has 0 aliphatic rings. The number of carbonyl (C=O) groups excluding carboxylic acids is 1. The van der Waals surface area contributed by atoms with Crippen LogP contribution < -0.4 is 9.64 Å². The van der Waals surface area contributed by atoms with Crippen LogP contribution in [0.2, 0.25) is 0 Å². The van der Waals surface area contributed by atoms with Crippen LogP contribution >= 0.6 is 11.3 Å².